The Balaban J connectivity index is 2.37. The molecule has 1 aromatic heterocycles. The number of rotatable bonds is 3. The summed E-state index contributed by atoms with van der Waals surface area (Å²) in [6.45, 7) is 2.36. The topological polar surface area (TPSA) is 42.2 Å². The molecule has 1 aromatic carbocycles. The van der Waals surface area contributed by atoms with Crippen LogP contribution in [0, 0.1) is 6.92 Å². The molecule has 0 saturated heterocycles. The molecule has 4 heteroatoms. The molecule has 0 unspecified atom stereocenters. The number of aromatic carboxylic acids is 1. The Bertz CT molecular complexity index is 560. The number of aromatic nitrogens is 1. The standard InChI is InChI=1S/C13H12BrNO2/c1-9-6-7-15(12(9)13(16)17)8-10-4-2-3-5-11(10)14/h2-7H,8H2,1H3,(H,16,17). The van der Waals surface area contributed by atoms with Gasteiger partial charge in [-0.05, 0) is 30.2 Å². The predicted molar refractivity (Wildman–Crippen MR) is 69.4 cm³/mol. The van der Waals surface area contributed by atoms with Gasteiger partial charge in [0.15, 0.2) is 0 Å². The van der Waals surface area contributed by atoms with Crippen molar-refractivity contribution in [2.75, 3.05) is 0 Å². The first-order valence-electron chi connectivity index (χ1n) is 5.22. The maximum atomic E-state index is 11.1. The van der Waals surface area contributed by atoms with E-state index in [9.17, 15) is 4.79 Å². The Morgan fingerprint density at radius 3 is 2.71 bits per heavy atom. The number of halogens is 1. The average molecular weight is 294 g/mol. The fraction of sp³-hybridized carbons (Fsp3) is 0.154. The van der Waals surface area contributed by atoms with E-state index in [4.69, 9.17) is 5.11 Å². The zero-order valence-corrected chi connectivity index (χ0v) is 10.9. The Labute approximate surface area is 108 Å². The number of hydrogen-bond donors (Lipinski definition) is 1. The molecule has 3 nitrogen and oxygen atoms in total. The van der Waals surface area contributed by atoms with Crippen LogP contribution in [0.1, 0.15) is 21.6 Å². The smallest absolute Gasteiger partial charge is 0.352 e. The van der Waals surface area contributed by atoms with Crippen molar-refractivity contribution in [3.05, 3.63) is 57.8 Å². The van der Waals surface area contributed by atoms with Crippen LogP contribution in [0.3, 0.4) is 0 Å². The van der Waals surface area contributed by atoms with Crippen LogP contribution < -0.4 is 0 Å². The molecule has 0 amide bonds. The zero-order valence-electron chi connectivity index (χ0n) is 9.35. The van der Waals surface area contributed by atoms with Gasteiger partial charge in [-0.25, -0.2) is 4.79 Å². The number of hydrogen-bond acceptors (Lipinski definition) is 1. The van der Waals surface area contributed by atoms with Crippen LogP contribution >= 0.6 is 15.9 Å². The molecule has 0 fully saturated rings. The highest BCUT2D eigenvalue weighted by Gasteiger charge is 2.13. The van der Waals surface area contributed by atoms with Crippen molar-refractivity contribution in [2.24, 2.45) is 0 Å². The van der Waals surface area contributed by atoms with Gasteiger partial charge in [-0.3, -0.25) is 0 Å². The van der Waals surface area contributed by atoms with Gasteiger partial charge >= 0.3 is 5.97 Å². The fourth-order valence-corrected chi connectivity index (χ4v) is 2.23. The highest BCUT2D eigenvalue weighted by atomic mass is 79.9. The van der Waals surface area contributed by atoms with Crippen LogP contribution in [0.4, 0.5) is 0 Å². The Kier molecular flexibility index (Phi) is 3.33. The van der Waals surface area contributed by atoms with E-state index in [1.807, 2.05) is 30.3 Å². The molecule has 0 radical (unpaired) electrons. The minimum atomic E-state index is -0.889. The molecule has 2 aromatic rings. The maximum absolute atomic E-state index is 11.1. The van der Waals surface area contributed by atoms with Gasteiger partial charge in [0, 0.05) is 17.2 Å². The Morgan fingerprint density at radius 2 is 2.06 bits per heavy atom. The van der Waals surface area contributed by atoms with E-state index in [2.05, 4.69) is 15.9 Å². The van der Waals surface area contributed by atoms with Crippen molar-refractivity contribution in [2.45, 2.75) is 13.5 Å². The summed E-state index contributed by atoms with van der Waals surface area (Å²) in [5, 5.41) is 9.15. The van der Waals surface area contributed by atoms with Gasteiger partial charge in [-0.15, -0.1) is 0 Å². The van der Waals surface area contributed by atoms with E-state index in [0.29, 0.717) is 12.2 Å². The second kappa shape index (κ2) is 4.75. The molecule has 0 spiro atoms. The first-order valence-corrected chi connectivity index (χ1v) is 6.01. The molecule has 1 N–H and O–H groups in total. The average Bonchev–Trinajstić information content (AvgIpc) is 2.63. The van der Waals surface area contributed by atoms with Crippen molar-refractivity contribution < 1.29 is 9.90 Å². The van der Waals surface area contributed by atoms with Crippen molar-refractivity contribution in [3.63, 3.8) is 0 Å². The molecule has 0 atom stereocenters. The van der Waals surface area contributed by atoms with Crippen LogP contribution in [0.5, 0.6) is 0 Å². The van der Waals surface area contributed by atoms with E-state index in [1.54, 1.807) is 17.7 Å². The fourth-order valence-electron chi connectivity index (χ4n) is 1.82. The van der Waals surface area contributed by atoms with Gasteiger partial charge in [-0.2, -0.15) is 0 Å². The van der Waals surface area contributed by atoms with E-state index in [0.717, 1.165) is 15.6 Å². The third-order valence-corrected chi connectivity index (χ3v) is 3.44. The summed E-state index contributed by atoms with van der Waals surface area (Å²) in [6.07, 6.45) is 1.80. The molecule has 0 aliphatic rings. The van der Waals surface area contributed by atoms with E-state index in [1.165, 1.54) is 0 Å². The molecule has 1 heterocycles. The number of carboxylic acid groups (broad SMARTS) is 1. The summed E-state index contributed by atoms with van der Waals surface area (Å²) in [7, 11) is 0. The lowest BCUT2D eigenvalue weighted by atomic mass is 10.2. The Morgan fingerprint density at radius 1 is 1.35 bits per heavy atom. The number of aryl methyl sites for hydroxylation is 1. The number of nitrogens with zero attached hydrogens (tertiary/aromatic N) is 1. The number of benzene rings is 1. The second-order valence-electron chi connectivity index (χ2n) is 3.87. The summed E-state index contributed by atoms with van der Waals surface area (Å²) in [4.78, 5) is 11.1. The molecule has 0 saturated carbocycles. The summed E-state index contributed by atoms with van der Waals surface area (Å²) in [5.74, 6) is -0.889. The lowest BCUT2D eigenvalue weighted by molar-refractivity contribution is 0.0685. The summed E-state index contributed by atoms with van der Waals surface area (Å²) in [6, 6.07) is 9.63. The monoisotopic (exact) mass is 293 g/mol. The van der Waals surface area contributed by atoms with Crippen LogP contribution in [-0.2, 0) is 6.54 Å². The summed E-state index contributed by atoms with van der Waals surface area (Å²) < 4.78 is 2.74. The van der Waals surface area contributed by atoms with E-state index in [-0.39, 0.29) is 0 Å². The third kappa shape index (κ3) is 2.42. The number of carbonyl (C=O) groups is 1. The quantitative estimate of drug-likeness (QED) is 0.943. The van der Waals surface area contributed by atoms with Gasteiger partial charge in [0.05, 0.1) is 0 Å². The number of carboxylic acids is 1. The third-order valence-electron chi connectivity index (χ3n) is 2.67. The first-order chi connectivity index (χ1) is 8.09. The van der Waals surface area contributed by atoms with Gasteiger partial charge in [0.1, 0.15) is 5.69 Å². The van der Waals surface area contributed by atoms with Crippen LogP contribution in [0.25, 0.3) is 0 Å². The van der Waals surface area contributed by atoms with Crippen molar-refractivity contribution in [1.29, 1.82) is 0 Å². The van der Waals surface area contributed by atoms with Gasteiger partial charge in [0.2, 0.25) is 0 Å². The molecule has 0 aliphatic carbocycles. The highest BCUT2D eigenvalue weighted by molar-refractivity contribution is 9.10. The normalized spacial score (nSPS) is 10.5. The minimum Gasteiger partial charge on any atom is -0.477 e. The summed E-state index contributed by atoms with van der Waals surface area (Å²) in [5.41, 5.74) is 2.19. The van der Waals surface area contributed by atoms with E-state index >= 15 is 0 Å². The first kappa shape index (κ1) is 11.9. The lowest BCUT2D eigenvalue weighted by Gasteiger charge is -2.08. The van der Waals surface area contributed by atoms with Crippen molar-refractivity contribution >= 4 is 21.9 Å². The van der Waals surface area contributed by atoms with Crippen LogP contribution in [-0.4, -0.2) is 15.6 Å². The zero-order chi connectivity index (χ0) is 12.4. The van der Waals surface area contributed by atoms with Crippen molar-refractivity contribution in [1.82, 2.24) is 4.57 Å². The Hall–Kier alpha value is -1.55. The minimum absolute atomic E-state index is 0.348. The summed E-state index contributed by atoms with van der Waals surface area (Å²) >= 11 is 3.46. The highest BCUT2D eigenvalue weighted by Crippen LogP contribution is 2.19. The van der Waals surface area contributed by atoms with E-state index < -0.39 is 5.97 Å². The largest absolute Gasteiger partial charge is 0.477 e. The lowest BCUT2D eigenvalue weighted by Crippen LogP contribution is -2.10. The van der Waals surface area contributed by atoms with Crippen molar-refractivity contribution in [3.8, 4) is 0 Å². The second-order valence-corrected chi connectivity index (χ2v) is 4.73. The van der Waals surface area contributed by atoms with Crippen LogP contribution in [0.15, 0.2) is 41.0 Å². The van der Waals surface area contributed by atoms with Gasteiger partial charge in [-0.1, -0.05) is 34.1 Å². The molecular formula is C13H12BrNO2. The predicted octanol–water partition coefficient (Wildman–Crippen LogP) is 3.31. The molecule has 88 valence electrons. The molecule has 0 bridgehead atoms. The van der Waals surface area contributed by atoms with Gasteiger partial charge < -0.3 is 9.67 Å². The molecule has 0 aliphatic heterocycles. The SMILES string of the molecule is Cc1ccn(Cc2ccccc2Br)c1C(=O)O. The molecule has 17 heavy (non-hydrogen) atoms. The molecular weight excluding hydrogens is 282 g/mol. The molecule has 2 rings (SSSR count). The van der Waals surface area contributed by atoms with Crippen LogP contribution in [0.2, 0.25) is 0 Å². The maximum Gasteiger partial charge on any atom is 0.352 e. The van der Waals surface area contributed by atoms with Gasteiger partial charge in [0.25, 0.3) is 0 Å².